The standard InChI is InChI=1S/C14H16N4O2S/c15-12-2-1-10(19)9-11(12)13(20)17-4-6-18(7-5-17)14-16-3-8-21-14/h1-3,8-9,19H,4-7,15H2. The van der Waals surface area contributed by atoms with Gasteiger partial charge in [0.2, 0.25) is 0 Å². The molecule has 3 rings (SSSR count). The number of carbonyl (C=O) groups excluding carboxylic acids is 1. The summed E-state index contributed by atoms with van der Waals surface area (Å²) in [4.78, 5) is 20.7. The molecule has 0 saturated carbocycles. The van der Waals surface area contributed by atoms with Crippen molar-refractivity contribution in [2.75, 3.05) is 36.8 Å². The van der Waals surface area contributed by atoms with Crippen LogP contribution in [0.3, 0.4) is 0 Å². The molecule has 110 valence electrons. The van der Waals surface area contributed by atoms with Gasteiger partial charge in [-0.3, -0.25) is 4.79 Å². The second-order valence-corrected chi connectivity index (χ2v) is 5.74. The number of nitrogens with two attached hydrogens (primary N) is 1. The van der Waals surface area contributed by atoms with Gasteiger partial charge in [0.15, 0.2) is 5.13 Å². The highest BCUT2D eigenvalue weighted by molar-refractivity contribution is 7.13. The Balaban J connectivity index is 1.69. The summed E-state index contributed by atoms with van der Waals surface area (Å²) in [5, 5.41) is 12.4. The molecule has 2 heterocycles. The summed E-state index contributed by atoms with van der Waals surface area (Å²) in [6.45, 7) is 2.73. The van der Waals surface area contributed by atoms with Crippen LogP contribution in [0.1, 0.15) is 10.4 Å². The minimum absolute atomic E-state index is 0.0500. The molecule has 21 heavy (non-hydrogen) atoms. The zero-order valence-electron chi connectivity index (χ0n) is 11.4. The molecule has 7 heteroatoms. The van der Waals surface area contributed by atoms with Crippen molar-refractivity contribution in [2.24, 2.45) is 0 Å². The van der Waals surface area contributed by atoms with Crippen molar-refractivity contribution < 1.29 is 9.90 Å². The second-order valence-electron chi connectivity index (χ2n) is 4.87. The lowest BCUT2D eigenvalue weighted by molar-refractivity contribution is 0.0747. The van der Waals surface area contributed by atoms with E-state index in [9.17, 15) is 9.90 Å². The number of anilines is 2. The number of phenols is 1. The van der Waals surface area contributed by atoms with Crippen molar-refractivity contribution in [3.05, 3.63) is 35.3 Å². The van der Waals surface area contributed by atoms with Crippen molar-refractivity contribution in [1.82, 2.24) is 9.88 Å². The van der Waals surface area contributed by atoms with E-state index in [0.717, 1.165) is 18.2 Å². The monoisotopic (exact) mass is 304 g/mol. The molecular formula is C14H16N4O2S. The number of aromatic hydroxyl groups is 1. The SMILES string of the molecule is Nc1ccc(O)cc1C(=O)N1CCN(c2nccs2)CC1. The van der Waals surface area contributed by atoms with Crippen LogP contribution in [-0.2, 0) is 0 Å². The van der Waals surface area contributed by atoms with Crippen LogP contribution in [-0.4, -0.2) is 47.1 Å². The topological polar surface area (TPSA) is 82.7 Å². The van der Waals surface area contributed by atoms with Gasteiger partial charge in [-0.15, -0.1) is 11.3 Å². The van der Waals surface area contributed by atoms with Gasteiger partial charge >= 0.3 is 0 Å². The highest BCUT2D eigenvalue weighted by Gasteiger charge is 2.24. The van der Waals surface area contributed by atoms with Crippen molar-refractivity contribution in [3.63, 3.8) is 0 Å². The Labute approximate surface area is 126 Å². The predicted molar refractivity (Wildman–Crippen MR) is 82.7 cm³/mol. The number of benzene rings is 1. The van der Waals surface area contributed by atoms with Crippen LogP contribution >= 0.6 is 11.3 Å². The van der Waals surface area contributed by atoms with Crippen LogP contribution in [0.4, 0.5) is 10.8 Å². The number of nitrogens with zero attached hydrogens (tertiary/aromatic N) is 3. The lowest BCUT2D eigenvalue weighted by Crippen LogP contribution is -2.48. The molecular weight excluding hydrogens is 288 g/mol. The van der Waals surface area contributed by atoms with Gasteiger partial charge in [0.1, 0.15) is 5.75 Å². The van der Waals surface area contributed by atoms with Gasteiger partial charge in [0.05, 0.1) is 5.56 Å². The van der Waals surface area contributed by atoms with E-state index in [0.29, 0.717) is 24.3 Å². The number of hydrogen-bond acceptors (Lipinski definition) is 6. The van der Waals surface area contributed by atoms with Crippen molar-refractivity contribution >= 4 is 28.1 Å². The number of carbonyl (C=O) groups is 1. The smallest absolute Gasteiger partial charge is 0.256 e. The summed E-state index contributed by atoms with van der Waals surface area (Å²) in [7, 11) is 0. The fourth-order valence-electron chi connectivity index (χ4n) is 2.37. The minimum Gasteiger partial charge on any atom is -0.508 e. The lowest BCUT2D eigenvalue weighted by atomic mass is 10.1. The van der Waals surface area contributed by atoms with Crippen LogP contribution in [0.5, 0.6) is 5.75 Å². The second kappa shape index (κ2) is 5.61. The lowest BCUT2D eigenvalue weighted by Gasteiger charge is -2.34. The van der Waals surface area contributed by atoms with E-state index in [1.807, 2.05) is 5.38 Å². The Bertz CT molecular complexity index is 636. The van der Waals surface area contributed by atoms with Crippen molar-refractivity contribution in [1.29, 1.82) is 0 Å². The highest BCUT2D eigenvalue weighted by atomic mass is 32.1. The van der Waals surface area contributed by atoms with E-state index in [-0.39, 0.29) is 11.7 Å². The van der Waals surface area contributed by atoms with E-state index in [1.54, 1.807) is 28.5 Å². The van der Waals surface area contributed by atoms with E-state index in [4.69, 9.17) is 5.73 Å². The molecule has 1 aromatic heterocycles. The molecule has 1 amide bonds. The van der Waals surface area contributed by atoms with Gasteiger partial charge in [-0.1, -0.05) is 0 Å². The van der Waals surface area contributed by atoms with Crippen LogP contribution in [0, 0.1) is 0 Å². The molecule has 0 unspecified atom stereocenters. The van der Waals surface area contributed by atoms with Gasteiger partial charge in [-0.05, 0) is 18.2 Å². The van der Waals surface area contributed by atoms with Crippen LogP contribution < -0.4 is 10.6 Å². The third-order valence-electron chi connectivity index (χ3n) is 3.52. The van der Waals surface area contributed by atoms with Crippen LogP contribution in [0.15, 0.2) is 29.8 Å². The molecule has 1 aliphatic heterocycles. The van der Waals surface area contributed by atoms with Crippen LogP contribution in [0.2, 0.25) is 0 Å². The largest absolute Gasteiger partial charge is 0.508 e. The first-order valence-electron chi connectivity index (χ1n) is 6.67. The minimum atomic E-state index is -0.137. The van der Waals surface area contributed by atoms with Gasteiger partial charge < -0.3 is 20.6 Å². The maximum absolute atomic E-state index is 12.5. The number of piperazine rings is 1. The quantitative estimate of drug-likeness (QED) is 0.647. The Morgan fingerprint density at radius 2 is 2.05 bits per heavy atom. The third kappa shape index (κ3) is 2.78. The molecule has 1 saturated heterocycles. The Morgan fingerprint density at radius 1 is 1.29 bits per heavy atom. The first-order chi connectivity index (χ1) is 10.1. The molecule has 1 aromatic carbocycles. The number of amides is 1. The van der Waals surface area contributed by atoms with Crippen molar-refractivity contribution in [3.8, 4) is 5.75 Å². The molecule has 1 fully saturated rings. The van der Waals surface area contributed by atoms with Gasteiger partial charge in [0.25, 0.3) is 5.91 Å². The average molecular weight is 304 g/mol. The molecule has 0 spiro atoms. The summed E-state index contributed by atoms with van der Waals surface area (Å²) in [5.74, 6) is -0.0869. The summed E-state index contributed by atoms with van der Waals surface area (Å²) in [6.07, 6.45) is 1.78. The summed E-state index contributed by atoms with van der Waals surface area (Å²) >= 11 is 1.60. The third-order valence-corrected chi connectivity index (χ3v) is 4.36. The van der Waals surface area contributed by atoms with E-state index < -0.39 is 0 Å². The molecule has 6 nitrogen and oxygen atoms in total. The molecule has 0 aliphatic carbocycles. The first-order valence-corrected chi connectivity index (χ1v) is 7.55. The molecule has 0 bridgehead atoms. The fourth-order valence-corrected chi connectivity index (χ4v) is 3.07. The highest BCUT2D eigenvalue weighted by Crippen LogP contribution is 2.23. The number of phenolic OH excluding ortho intramolecular Hbond substituents is 1. The van der Waals surface area contributed by atoms with Gasteiger partial charge in [-0.25, -0.2) is 4.98 Å². The molecule has 0 atom stereocenters. The Kier molecular flexibility index (Phi) is 3.66. The predicted octanol–water partition coefficient (Wildman–Crippen LogP) is 1.39. The Morgan fingerprint density at radius 3 is 2.71 bits per heavy atom. The summed E-state index contributed by atoms with van der Waals surface area (Å²) in [6, 6.07) is 4.45. The van der Waals surface area contributed by atoms with Gasteiger partial charge in [0, 0.05) is 43.4 Å². The van der Waals surface area contributed by atoms with E-state index >= 15 is 0 Å². The maximum Gasteiger partial charge on any atom is 0.256 e. The molecule has 3 N–H and O–H groups in total. The zero-order chi connectivity index (χ0) is 14.8. The number of nitrogen functional groups attached to an aromatic ring is 1. The van der Waals surface area contributed by atoms with E-state index in [2.05, 4.69) is 9.88 Å². The fraction of sp³-hybridized carbons (Fsp3) is 0.286. The molecule has 0 radical (unpaired) electrons. The first kappa shape index (κ1) is 13.7. The Hall–Kier alpha value is -2.28. The van der Waals surface area contributed by atoms with E-state index in [1.165, 1.54) is 12.1 Å². The number of hydrogen-bond donors (Lipinski definition) is 2. The number of rotatable bonds is 2. The molecule has 1 aliphatic rings. The summed E-state index contributed by atoms with van der Waals surface area (Å²) < 4.78 is 0. The van der Waals surface area contributed by atoms with Crippen molar-refractivity contribution in [2.45, 2.75) is 0 Å². The maximum atomic E-state index is 12.5. The number of thiazole rings is 1. The summed E-state index contributed by atoms with van der Waals surface area (Å²) in [5.41, 5.74) is 6.57. The average Bonchev–Trinajstić information content (AvgIpc) is 3.03. The zero-order valence-corrected chi connectivity index (χ0v) is 12.2. The van der Waals surface area contributed by atoms with Gasteiger partial charge in [-0.2, -0.15) is 0 Å². The van der Waals surface area contributed by atoms with Crippen LogP contribution in [0.25, 0.3) is 0 Å². The normalized spacial score (nSPS) is 15.2. The molecule has 2 aromatic rings. The number of aromatic nitrogens is 1.